The molecule has 1 aromatic carbocycles. The molecule has 1 heterocycles. The van der Waals surface area contributed by atoms with Crippen LogP contribution in [0.1, 0.15) is 24.8 Å². The van der Waals surface area contributed by atoms with Gasteiger partial charge in [-0.1, -0.05) is 17.7 Å². The molecule has 1 amide bonds. The van der Waals surface area contributed by atoms with Crippen LogP contribution in [0.2, 0.25) is 5.02 Å². The minimum atomic E-state index is -0.738. The van der Waals surface area contributed by atoms with Gasteiger partial charge < -0.3 is 10.0 Å². The van der Waals surface area contributed by atoms with E-state index < -0.39 is 11.8 Å². The lowest BCUT2D eigenvalue weighted by Gasteiger charge is -2.32. The molecule has 0 aromatic heterocycles. The molecule has 1 N–H and O–H groups in total. The zero-order valence-electron chi connectivity index (χ0n) is 12.0. The number of piperidine rings is 1. The summed E-state index contributed by atoms with van der Waals surface area (Å²) >= 11 is 5.95. The van der Waals surface area contributed by atoms with Crippen molar-refractivity contribution in [1.29, 1.82) is 0 Å². The fraction of sp³-hybridized carbons (Fsp3) is 0.500. The molecule has 0 bridgehead atoms. The Kier molecular flexibility index (Phi) is 3.85. The molecule has 2 fully saturated rings. The molecule has 22 heavy (non-hydrogen) atoms. The van der Waals surface area contributed by atoms with E-state index in [0.717, 1.165) is 0 Å². The molecule has 1 atom stereocenters. The van der Waals surface area contributed by atoms with Gasteiger partial charge in [0.1, 0.15) is 5.82 Å². The van der Waals surface area contributed by atoms with Gasteiger partial charge in [0.25, 0.3) is 0 Å². The second-order valence-electron chi connectivity index (χ2n) is 6.22. The highest BCUT2D eigenvalue weighted by Crippen LogP contribution is 2.59. The number of rotatable bonds is 3. The van der Waals surface area contributed by atoms with Crippen LogP contribution in [0, 0.1) is 17.2 Å². The predicted octanol–water partition coefficient (Wildman–Crippen LogP) is 2.73. The van der Waals surface area contributed by atoms with Crippen molar-refractivity contribution in [1.82, 2.24) is 4.90 Å². The van der Waals surface area contributed by atoms with E-state index in [1.807, 2.05) is 0 Å². The normalized spacial score (nSPS) is 22.6. The van der Waals surface area contributed by atoms with Crippen molar-refractivity contribution < 1.29 is 19.1 Å². The van der Waals surface area contributed by atoms with E-state index in [9.17, 15) is 14.0 Å². The third-order valence-electron chi connectivity index (χ3n) is 4.99. The van der Waals surface area contributed by atoms with Crippen molar-refractivity contribution in [2.24, 2.45) is 11.3 Å². The topological polar surface area (TPSA) is 57.6 Å². The van der Waals surface area contributed by atoms with Crippen LogP contribution in [-0.4, -0.2) is 35.0 Å². The Morgan fingerprint density at radius 3 is 2.59 bits per heavy atom. The van der Waals surface area contributed by atoms with Gasteiger partial charge in [-0.2, -0.15) is 0 Å². The molecule has 4 nitrogen and oxygen atoms in total. The monoisotopic (exact) mass is 325 g/mol. The summed E-state index contributed by atoms with van der Waals surface area (Å²) in [7, 11) is 0. The highest BCUT2D eigenvalue weighted by atomic mass is 35.5. The van der Waals surface area contributed by atoms with Gasteiger partial charge in [-0.3, -0.25) is 9.59 Å². The molecule has 1 unspecified atom stereocenters. The number of carbonyl (C=O) groups is 2. The second-order valence-corrected chi connectivity index (χ2v) is 6.62. The van der Waals surface area contributed by atoms with Crippen molar-refractivity contribution in [3.05, 3.63) is 34.6 Å². The van der Waals surface area contributed by atoms with Gasteiger partial charge in [-0.15, -0.1) is 0 Å². The first-order chi connectivity index (χ1) is 10.4. The van der Waals surface area contributed by atoms with E-state index in [1.54, 1.807) is 11.0 Å². The summed E-state index contributed by atoms with van der Waals surface area (Å²) in [6, 6.07) is 4.37. The molecule has 1 aliphatic carbocycles. The Bertz CT molecular complexity index is 606. The summed E-state index contributed by atoms with van der Waals surface area (Å²) in [5.41, 5.74) is 0.113. The second kappa shape index (κ2) is 5.54. The number of carboxylic acid groups (broad SMARTS) is 1. The van der Waals surface area contributed by atoms with Crippen LogP contribution in [0.25, 0.3) is 0 Å². The molecule has 1 aromatic rings. The first-order valence-corrected chi connectivity index (χ1v) is 7.74. The summed E-state index contributed by atoms with van der Waals surface area (Å²) in [5.74, 6) is -1.62. The minimum Gasteiger partial charge on any atom is -0.481 e. The molecular weight excluding hydrogens is 309 g/mol. The number of halogens is 2. The molecule has 3 rings (SSSR count). The molecule has 0 radical (unpaired) electrons. The lowest BCUT2D eigenvalue weighted by atomic mass is 9.90. The number of carboxylic acids is 1. The maximum Gasteiger partial charge on any atom is 0.307 e. The fourth-order valence-electron chi connectivity index (χ4n) is 3.42. The molecule has 6 heteroatoms. The average molecular weight is 326 g/mol. The van der Waals surface area contributed by atoms with E-state index in [4.69, 9.17) is 16.7 Å². The number of benzene rings is 1. The quantitative estimate of drug-likeness (QED) is 0.929. The number of carbonyl (C=O) groups excluding carboxylic acids is 1. The summed E-state index contributed by atoms with van der Waals surface area (Å²) in [5, 5.41) is 9.32. The number of hydrogen-bond donors (Lipinski definition) is 1. The first kappa shape index (κ1) is 15.3. The Morgan fingerprint density at radius 1 is 1.36 bits per heavy atom. The van der Waals surface area contributed by atoms with Crippen LogP contribution in [-0.2, 0) is 16.0 Å². The molecular formula is C16H17ClFNO3. The van der Waals surface area contributed by atoms with Gasteiger partial charge in [0.15, 0.2) is 0 Å². The van der Waals surface area contributed by atoms with Gasteiger partial charge in [0.05, 0.1) is 12.3 Å². The highest BCUT2D eigenvalue weighted by molar-refractivity contribution is 6.31. The molecule has 1 saturated carbocycles. The van der Waals surface area contributed by atoms with Gasteiger partial charge in [-0.25, -0.2) is 4.39 Å². The van der Waals surface area contributed by atoms with E-state index in [2.05, 4.69) is 0 Å². The number of amides is 1. The Morgan fingerprint density at radius 2 is 2.05 bits per heavy atom. The molecule has 1 saturated heterocycles. The summed E-state index contributed by atoms with van der Waals surface area (Å²) in [4.78, 5) is 25.0. The lowest BCUT2D eigenvalue weighted by molar-refractivity contribution is -0.139. The van der Waals surface area contributed by atoms with Crippen molar-refractivity contribution in [2.75, 3.05) is 13.1 Å². The summed E-state index contributed by atoms with van der Waals surface area (Å²) in [6.45, 7) is 1.07. The van der Waals surface area contributed by atoms with Gasteiger partial charge in [0, 0.05) is 23.7 Å². The average Bonchev–Trinajstić information content (AvgIpc) is 3.18. The van der Waals surface area contributed by atoms with Gasteiger partial charge >= 0.3 is 5.97 Å². The van der Waals surface area contributed by atoms with Crippen LogP contribution >= 0.6 is 11.6 Å². The van der Waals surface area contributed by atoms with Crippen molar-refractivity contribution in [3.8, 4) is 0 Å². The number of aliphatic carboxylic acids is 1. The molecule has 2 aliphatic rings. The van der Waals surface area contributed by atoms with E-state index >= 15 is 0 Å². The largest absolute Gasteiger partial charge is 0.481 e. The van der Waals surface area contributed by atoms with Crippen molar-refractivity contribution >= 4 is 23.5 Å². The third kappa shape index (κ3) is 2.70. The van der Waals surface area contributed by atoms with Crippen LogP contribution in [0.4, 0.5) is 4.39 Å². The third-order valence-corrected chi connectivity index (χ3v) is 5.34. The lowest BCUT2D eigenvalue weighted by Crippen LogP contribution is -2.40. The summed E-state index contributed by atoms with van der Waals surface area (Å²) < 4.78 is 13.7. The number of hydrogen-bond acceptors (Lipinski definition) is 2. The van der Waals surface area contributed by atoms with Gasteiger partial charge in [0.2, 0.25) is 5.91 Å². The SMILES string of the molecule is O=C(O)C1CC12CCN(C(=O)Cc1c(F)cccc1Cl)CC2. The summed E-state index contributed by atoms with van der Waals surface area (Å²) in [6.07, 6.45) is 2.08. The van der Waals surface area contributed by atoms with Crippen molar-refractivity contribution in [3.63, 3.8) is 0 Å². The maximum absolute atomic E-state index is 13.7. The minimum absolute atomic E-state index is 0.0547. The van der Waals surface area contributed by atoms with E-state index in [1.165, 1.54) is 12.1 Å². The fourth-order valence-corrected chi connectivity index (χ4v) is 3.64. The van der Waals surface area contributed by atoms with Crippen LogP contribution in [0.3, 0.4) is 0 Å². The van der Waals surface area contributed by atoms with Crippen LogP contribution in [0.15, 0.2) is 18.2 Å². The number of likely N-dealkylation sites (tertiary alicyclic amines) is 1. The molecule has 118 valence electrons. The first-order valence-electron chi connectivity index (χ1n) is 7.36. The predicted molar refractivity (Wildman–Crippen MR) is 79.1 cm³/mol. The van der Waals surface area contributed by atoms with Gasteiger partial charge in [-0.05, 0) is 36.8 Å². The van der Waals surface area contributed by atoms with Crippen LogP contribution < -0.4 is 0 Å². The molecule has 1 aliphatic heterocycles. The zero-order chi connectivity index (χ0) is 15.9. The Labute approximate surface area is 132 Å². The zero-order valence-corrected chi connectivity index (χ0v) is 12.8. The van der Waals surface area contributed by atoms with E-state index in [-0.39, 0.29) is 34.2 Å². The maximum atomic E-state index is 13.7. The number of nitrogens with zero attached hydrogens (tertiary/aromatic N) is 1. The Balaban J connectivity index is 1.60. The Hall–Kier alpha value is -1.62. The standard InChI is InChI=1S/C16H17ClFNO3/c17-12-2-1-3-13(18)10(12)8-14(20)19-6-4-16(5-7-19)9-11(16)15(21)22/h1-3,11H,4-9H2,(H,21,22). The molecule has 1 spiro atoms. The smallest absolute Gasteiger partial charge is 0.307 e. The highest BCUT2D eigenvalue weighted by Gasteiger charge is 2.59. The van der Waals surface area contributed by atoms with Crippen molar-refractivity contribution in [2.45, 2.75) is 25.7 Å². The van der Waals surface area contributed by atoms with Crippen LogP contribution in [0.5, 0.6) is 0 Å². The van der Waals surface area contributed by atoms with E-state index in [0.29, 0.717) is 32.4 Å².